The van der Waals surface area contributed by atoms with E-state index in [2.05, 4.69) is 11.4 Å². The summed E-state index contributed by atoms with van der Waals surface area (Å²) in [6, 6.07) is 10.8. The number of benzene rings is 2. The molecule has 21 heavy (non-hydrogen) atoms. The van der Waals surface area contributed by atoms with E-state index in [4.69, 9.17) is 16.3 Å². The normalized spacial score (nSPS) is 14.6. The average molecular weight is 306 g/mol. The first-order valence-corrected chi connectivity index (χ1v) is 7.52. The molecule has 2 nitrogen and oxygen atoms in total. The zero-order valence-electron chi connectivity index (χ0n) is 11.8. The molecule has 110 valence electrons. The molecule has 1 aliphatic heterocycles. The largest absolute Gasteiger partial charge is 0.493 e. The molecule has 2 aromatic rings. The third-order valence-corrected chi connectivity index (χ3v) is 4.16. The summed E-state index contributed by atoms with van der Waals surface area (Å²) in [5.74, 6) is 0.509. The Balaban J connectivity index is 2.11. The van der Waals surface area contributed by atoms with E-state index in [-0.39, 0.29) is 11.1 Å². The van der Waals surface area contributed by atoms with Gasteiger partial charge in [0.25, 0.3) is 0 Å². The summed E-state index contributed by atoms with van der Waals surface area (Å²) < 4.78 is 19.6. The minimum Gasteiger partial charge on any atom is -0.493 e. The molecule has 1 unspecified atom stereocenters. The fourth-order valence-electron chi connectivity index (χ4n) is 2.80. The number of para-hydroxylation sites is 1. The van der Waals surface area contributed by atoms with Gasteiger partial charge in [-0.05, 0) is 23.7 Å². The van der Waals surface area contributed by atoms with E-state index in [1.807, 2.05) is 25.1 Å². The predicted molar refractivity (Wildman–Crippen MR) is 82.6 cm³/mol. The van der Waals surface area contributed by atoms with Crippen LogP contribution in [-0.4, -0.2) is 13.2 Å². The van der Waals surface area contributed by atoms with Crippen LogP contribution in [0.25, 0.3) is 0 Å². The molecule has 0 saturated carbocycles. The highest BCUT2D eigenvalue weighted by Gasteiger charge is 2.25. The molecule has 0 radical (unpaired) electrons. The number of ether oxygens (including phenoxy) is 1. The summed E-state index contributed by atoms with van der Waals surface area (Å²) in [7, 11) is 0. The van der Waals surface area contributed by atoms with Crippen molar-refractivity contribution in [3.05, 3.63) is 63.9 Å². The number of halogens is 2. The zero-order chi connectivity index (χ0) is 14.8. The highest BCUT2D eigenvalue weighted by molar-refractivity contribution is 6.31. The molecule has 2 aromatic carbocycles. The van der Waals surface area contributed by atoms with Gasteiger partial charge in [-0.3, -0.25) is 0 Å². The van der Waals surface area contributed by atoms with Crippen molar-refractivity contribution in [1.82, 2.24) is 5.32 Å². The molecule has 0 aromatic heterocycles. The molecule has 4 heteroatoms. The first-order chi connectivity index (χ1) is 10.2. The fourth-order valence-corrected chi connectivity index (χ4v) is 3.04. The first-order valence-electron chi connectivity index (χ1n) is 7.14. The maximum Gasteiger partial charge on any atom is 0.142 e. The van der Waals surface area contributed by atoms with Crippen molar-refractivity contribution in [1.29, 1.82) is 0 Å². The summed E-state index contributed by atoms with van der Waals surface area (Å²) in [6.07, 6.45) is 0.916. The van der Waals surface area contributed by atoms with Crippen LogP contribution in [-0.2, 0) is 6.42 Å². The van der Waals surface area contributed by atoms with Gasteiger partial charge in [0.1, 0.15) is 11.6 Å². The quantitative estimate of drug-likeness (QED) is 0.917. The minimum absolute atomic E-state index is 0.166. The first kappa shape index (κ1) is 14.4. The summed E-state index contributed by atoms with van der Waals surface area (Å²) in [5, 5.41) is 3.55. The maximum absolute atomic E-state index is 13.8. The van der Waals surface area contributed by atoms with Gasteiger partial charge < -0.3 is 10.1 Å². The van der Waals surface area contributed by atoms with Crippen LogP contribution in [0.15, 0.2) is 36.4 Å². The van der Waals surface area contributed by atoms with E-state index in [1.54, 1.807) is 6.07 Å². The fraction of sp³-hybridized carbons (Fsp3) is 0.294. The SMILES string of the molecule is CCNC(c1cccc(F)c1Cl)c1cccc2c1OCC2. The van der Waals surface area contributed by atoms with Crippen molar-refractivity contribution in [3.63, 3.8) is 0 Å². The lowest BCUT2D eigenvalue weighted by Gasteiger charge is -2.22. The standard InChI is InChI=1S/C17H17ClFNO/c1-2-20-16(12-6-4-8-14(19)15(12)18)13-7-3-5-11-9-10-21-17(11)13/h3-8,16,20H,2,9-10H2,1H3. The van der Waals surface area contributed by atoms with Crippen molar-refractivity contribution in [2.75, 3.05) is 13.2 Å². The lowest BCUT2D eigenvalue weighted by Crippen LogP contribution is -2.23. The van der Waals surface area contributed by atoms with Gasteiger partial charge in [0.15, 0.2) is 0 Å². The number of nitrogens with one attached hydrogen (secondary N) is 1. The third-order valence-electron chi connectivity index (χ3n) is 3.76. The highest BCUT2D eigenvalue weighted by Crippen LogP contribution is 2.38. The van der Waals surface area contributed by atoms with Gasteiger partial charge in [0.2, 0.25) is 0 Å². The van der Waals surface area contributed by atoms with E-state index in [0.29, 0.717) is 6.61 Å². The minimum atomic E-state index is -0.398. The summed E-state index contributed by atoms with van der Waals surface area (Å²) in [6.45, 7) is 3.47. The smallest absolute Gasteiger partial charge is 0.142 e. The second-order valence-corrected chi connectivity index (χ2v) is 5.45. The van der Waals surface area contributed by atoms with Crippen molar-refractivity contribution in [2.45, 2.75) is 19.4 Å². The molecule has 1 aliphatic rings. The van der Waals surface area contributed by atoms with Gasteiger partial charge in [-0.15, -0.1) is 0 Å². The Kier molecular flexibility index (Phi) is 4.13. The molecule has 0 fully saturated rings. The van der Waals surface area contributed by atoms with Crippen LogP contribution in [0.5, 0.6) is 5.75 Å². The lowest BCUT2D eigenvalue weighted by atomic mass is 9.95. The zero-order valence-corrected chi connectivity index (χ0v) is 12.6. The Hall–Kier alpha value is -1.58. The average Bonchev–Trinajstić information content (AvgIpc) is 2.97. The molecule has 0 saturated heterocycles. The number of hydrogen-bond acceptors (Lipinski definition) is 2. The van der Waals surface area contributed by atoms with Gasteiger partial charge in [-0.25, -0.2) is 4.39 Å². The monoisotopic (exact) mass is 305 g/mol. The van der Waals surface area contributed by atoms with Crippen molar-refractivity contribution < 1.29 is 9.13 Å². The van der Waals surface area contributed by atoms with Gasteiger partial charge in [-0.1, -0.05) is 48.9 Å². The van der Waals surface area contributed by atoms with E-state index in [9.17, 15) is 4.39 Å². The van der Waals surface area contributed by atoms with E-state index in [1.165, 1.54) is 11.6 Å². The van der Waals surface area contributed by atoms with Crippen LogP contribution < -0.4 is 10.1 Å². The molecule has 1 N–H and O–H groups in total. The van der Waals surface area contributed by atoms with Gasteiger partial charge in [0, 0.05) is 12.0 Å². The Morgan fingerprint density at radius 2 is 2.00 bits per heavy atom. The molecule has 0 aliphatic carbocycles. The molecule has 1 atom stereocenters. The second-order valence-electron chi connectivity index (χ2n) is 5.07. The van der Waals surface area contributed by atoms with E-state index >= 15 is 0 Å². The van der Waals surface area contributed by atoms with E-state index < -0.39 is 5.82 Å². The Labute approximate surface area is 128 Å². The van der Waals surface area contributed by atoms with Crippen molar-refractivity contribution in [3.8, 4) is 5.75 Å². The molecule has 0 bridgehead atoms. The third kappa shape index (κ3) is 2.63. The molecular weight excluding hydrogens is 289 g/mol. The van der Waals surface area contributed by atoms with Crippen LogP contribution in [0.1, 0.15) is 29.7 Å². The molecular formula is C17H17ClFNO. The van der Waals surface area contributed by atoms with Crippen molar-refractivity contribution >= 4 is 11.6 Å². The molecule has 0 spiro atoms. The van der Waals surface area contributed by atoms with Crippen LogP contribution in [0.3, 0.4) is 0 Å². The second kappa shape index (κ2) is 6.04. The van der Waals surface area contributed by atoms with Gasteiger partial charge in [-0.2, -0.15) is 0 Å². The van der Waals surface area contributed by atoms with Crippen molar-refractivity contribution in [2.24, 2.45) is 0 Å². The summed E-state index contributed by atoms with van der Waals surface area (Å²) in [5.41, 5.74) is 2.95. The molecule has 0 amide bonds. The number of rotatable bonds is 4. The summed E-state index contributed by atoms with van der Waals surface area (Å²) >= 11 is 6.17. The molecule has 1 heterocycles. The van der Waals surface area contributed by atoms with E-state index in [0.717, 1.165) is 29.8 Å². The highest BCUT2D eigenvalue weighted by atomic mass is 35.5. The predicted octanol–water partition coefficient (Wildman–Crippen LogP) is 4.11. The van der Waals surface area contributed by atoms with Crippen LogP contribution in [0.2, 0.25) is 5.02 Å². The van der Waals surface area contributed by atoms with Crippen LogP contribution >= 0.6 is 11.6 Å². The molecule has 3 rings (SSSR count). The van der Waals surface area contributed by atoms with Crippen LogP contribution in [0, 0.1) is 5.82 Å². The lowest BCUT2D eigenvalue weighted by molar-refractivity contribution is 0.350. The Morgan fingerprint density at radius 1 is 1.24 bits per heavy atom. The Morgan fingerprint density at radius 3 is 2.81 bits per heavy atom. The van der Waals surface area contributed by atoms with Crippen LogP contribution in [0.4, 0.5) is 4.39 Å². The van der Waals surface area contributed by atoms with Gasteiger partial charge >= 0.3 is 0 Å². The Bertz CT molecular complexity index is 659. The number of hydrogen-bond donors (Lipinski definition) is 1. The topological polar surface area (TPSA) is 21.3 Å². The summed E-state index contributed by atoms with van der Waals surface area (Å²) in [4.78, 5) is 0. The van der Waals surface area contributed by atoms with Gasteiger partial charge in [0.05, 0.1) is 17.7 Å². The maximum atomic E-state index is 13.8. The number of fused-ring (bicyclic) bond motifs is 1.